The number of ether oxygens (including phenoxy) is 1. The topological polar surface area (TPSA) is 9.23 Å². The minimum absolute atomic E-state index is 0.238. The molecule has 1 fully saturated rings. The number of benzene rings is 1. The molecule has 2 rings (SSSR count). The fourth-order valence-corrected chi connectivity index (χ4v) is 2.81. The van der Waals surface area contributed by atoms with E-state index in [0.717, 1.165) is 18.8 Å². The number of hydrogen-bond donors (Lipinski definition) is 0. The van der Waals surface area contributed by atoms with Gasteiger partial charge in [0.15, 0.2) is 17.4 Å². The van der Waals surface area contributed by atoms with Crippen LogP contribution < -0.4 is 4.74 Å². The third-order valence-corrected chi connectivity index (χ3v) is 3.90. The fraction of sp³-hybridized carbons (Fsp3) is 0.625. The highest BCUT2D eigenvalue weighted by atomic mass is 19.1. The number of unbranched alkanes of at least 4 members (excludes halogenated alkanes) is 2. The molecule has 0 heterocycles. The van der Waals surface area contributed by atoms with Crippen molar-refractivity contribution in [1.29, 1.82) is 0 Å². The number of para-hydroxylation sites is 1. The summed E-state index contributed by atoms with van der Waals surface area (Å²) in [5.74, 6) is -0.555. The van der Waals surface area contributed by atoms with Gasteiger partial charge in [-0.2, -0.15) is 0 Å². The van der Waals surface area contributed by atoms with Crippen molar-refractivity contribution in [3.63, 3.8) is 0 Å². The molecule has 0 aliphatic heterocycles. The Kier molecular flexibility index (Phi) is 5.62. The van der Waals surface area contributed by atoms with E-state index in [1.54, 1.807) is 0 Å². The van der Waals surface area contributed by atoms with Crippen molar-refractivity contribution in [2.24, 2.45) is 5.92 Å². The van der Waals surface area contributed by atoms with Crippen molar-refractivity contribution in [2.45, 2.75) is 51.4 Å². The van der Waals surface area contributed by atoms with Crippen LogP contribution in [0.15, 0.2) is 18.2 Å². The Balaban J connectivity index is 1.58. The number of hydrogen-bond acceptors (Lipinski definition) is 1. The molecule has 1 aromatic rings. The summed E-state index contributed by atoms with van der Waals surface area (Å²) in [5.41, 5.74) is 0. The molecule has 1 aliphatic carbocycles. The molecule has 1 aliphatic rings. The van der Waals surface area contributed by atoms with E-state index in [9.17, 15) is 8.78 Å². The predicted octanol–water partition coefficient (Wildman–Crippen LogP) is 5.09. The van der Waals surface area contributed by atoms with Gasteiger partial charge < -0.3 is 4.74 Å². The lowest BCUT2D eigenvalue weighted by molar-refractivity contribution is 0.273. The first kappa shape index (κ1) is 14.3. The van der Waals surface area contributed by atoms with Gasteiger partial charge in [0.25, 0.3) is 0 Å². The molecule has 0 bridgehead atoms. The molecule has 0 atom stereocenters. The molecule has 0 spiro atoms. The summed E-state index contributed by atoms with van der Waals surface area (Å²) in [6.07, 6.45) is 9.99. The van der Waals surface area contributed by atoms with Gasteiger partial charge in [0, 0.05) is 0 Å². The maximum Gasteiger partial charge on any atom is 0.190 e. The van der Waals surface area contributed by atoms with E-state index in [4.69, 9.17) is 4.74 Å². The summed E-state index contributed by atoms with van der Waals surface area (Å²) in [5, 5.41) is 0. The molecule has 0 amide bonds. The van der Waals surface area contributed by atoms with E-state index in [0.29, 0.717) is 6.61 Å². The third-order valence-electron chi connectivity index (χ3n) is 3.90. The van der Waals surface area contributed by atoms with Gasteiger partial charge in [0.05, 0.1) is 6.61 Å². The Hall–Kier alpha value is -1.12. The lowest BCUT2D eigenvalue weighted by Crippen LogP contribution is -2.02. The van der Waals surface area contributed by atoms with E-state index in [1.165, 1.54) is 56.7 Å². The van der Waals surface area contributed by atoms with E-state index in [-0.39, 0.29) is 5.75 Å². The fourth-order valence-electron chi connectivity index (χ4n) is 2.81. The van der Waals surface area contributed by atoms with E-state index >= 15 is 0 Å². The molecule has 0 radical (unpaired) electrons. The summed E-state index contributed by atoms with van der Waals surface area (Å²) in [6.45, 7) is 0.391. The number of rotatable bonds is 7. The normalized spacial score (nSPS) is 15.9. The van der Waals surface area contributed by atoms with Crippen molar-refractivity contribution in [1.82, 2.24) is 0 Å². The summed E-state index contributed by atoms with van der Waals surface area (Å²) >= 11 is 0. The average Bonchev–Trinajstić information content (AvgIpc) is 2.89. The minimum atomic E-state index is -0.619. The molecule has 106 valence electrons. The van der Waals surface area contributed by atoms with Crippen LogP contribution in [0.4, 0.5) is 8.78 Å². The van der Waals surface area contributed by atoms with Gasteiger partial charge in [-0.1, -0.05) is 51.0 Å². The molecule has 0 aromatic heterocycles. The van der Waals surface area contributed by atoms with E-state index < -0.39 is 11.6 Å². The second-order valence-corrected chi connectivity index (χ2v) is 5.40. The monoisotopic (exact) mass is 268 g/mol. The van der Waals surface area contributed by atoms with Crippen molar-refractivity contribution in [3.05, 3.63) is 29.8 Å². The molecule has 0 N–H and O–H groups in total. The molecule has 3 heteroatoms. The van der Waals surface area contributed by atoms with Crippen LogP contribution >= 0.6 is 0 Å². The van der Waals surface area contributed by atoms with Gasteiger partial charge in [-0.05, 0) is 24.5 Å². The zero-order chi connectivity index (χ0) is 13.5. The first-order chi connectivity index (χ1) is 9.27. The average molecular weight is 268 g/mol. The van der Waals surface area contributed by atoms with Crippen LogP contribution in [-0.4, -0.2) is 6.61 Å². The smallest absolute Gasteiger partial charge is 0.190 e. The van der Waals surface area contributed by atoms with Gasteiger partial charge in [-0.3, -0.25) is 0 Å². The van der Waals surface area contributed by atoms with Crippen LogP contribution in [0.5, 0.6) is 5.75 Å². The first-order valence-corrected chi connectivity index (χ1v) is 7.34. The van der Waals surface area contributed by atoms with Crippen LogP contribution in [0.25, 0.3) is 0 Å². The van der Waals surface area contributed by atoms with Crippen LogP contribution in [0.1, 0.15) is 51.4 Å². The maximum absolute atomic E-state index is 13.3. The summed E-state index contributed by atoms with van der Waals surface area (Å²) in [6, 6.07) is 3.79. The highest BCUT2D eigenvalue weighted by molar-refractivity contribution is 5.25. The van der Waals surface area contributed by atoms with Gasteiger partial charge in [0.1, 0.15) is 0 Å². The van der Waals surface area contributed by atoms with Crippen LogP contribution in [0.2, 0.25) is 0 Å². The molecule has 0 saturated heterocycles. The van der Waals surface area contributed by atoms with Crippen LogP contribution in [0.3, 0.4) is 0 Å². The largest absolute Gasteiger partial charge is 0.488 e. The van der Waals surface area contributed by atoms with Gasteiger partial charge in [0.2, 0.25) is 0 Å². The molecule has 0 unspecified atom stereocenters. The van der Waals surface area contributed by atoms with Crippen molar-refractivity contribution < 1.29 is 13.5 Å². The zero-order valence-corrected chi connectivity index (χ0v) is 11.3. The zero-order valence-electron chi connectivity index (χ0n) is 11.3. The quantitative estimate of drug-likeness (QED) is 0.625. The molecule has 19 heavy (non-hydrogen) atoms. The second-order valence-electron chi connectivity index (χ2n) is 5.40. The van der Waals surface area contributed by atoms with Crippen molar-refractivity contribution in [3.8, 4) is 5.75 Å². The Morgan fingerprint density at radius 1 is 1.00 bits per heavy atom. The molecule has 1 nitrogen and oxygen atoms in total. The summed E-state index contributed by atoms with van der Waals surface area (Å²) < 4.78 is 31.7. The number of halogens is 2. The first-order valence-electron chi connectivity index (χ1n) is 7.34. The molecule has 1 aromatic carbocycles. The standard InChI is InChI=1S/C16H22F2O/c17-14-10-6-11-15(18)16(14)19-12-5-1-2-7-13-8-3-4-9-13/h6,10-11,13H,1-5,7-9,12H2. The van der Waals surface area contributed by atoms with E-state index in [1.807, 2.05) is 0 Å². The Morgan fingerprint density at radius 2 is 1.68 bits per heavy atom. The molecular formula is C16H22F2O. The third kappa shape index (κ3) is 4.48. The van der Waals surface area contributed by atoms with Gasteiger partial charge in [-0.15, -0.1) is 0 Å². The molecular weight excluding hydrogens is 246 g/mol. The van der Waals surface area contributed by atoms with E-state index in [2.05, 4.69) is 0 Å². The van der Waals surface area contributed by atoms with Gasteiger partial charge in [-0.25, -0.2) is 8.78 Å². The summed E-state index contributed by atoms with van der Waals surface area (Å²) in [7, 11) is 0. The Morgan fingerprint density at radius 3 is 2.37 bits per heavy atom. The molecule has 1 saturated carbocycles. The van der Waals surface area contributed by atoms with Crippen LogP contribution in [0, 0.1) is 17.6 Å². The Bertz CT molecular complexity index is 366. The predicted molar refractivity (Wildman–Crippen MR) is 72.3 cm³/mol. The summed E-state index contributed by atoms with van der Waals surface area (Å²) in [4.78, 5) is 0. The highest BCUT2D eigenvalue weighted by Crippen LogP contribution is 2.29. The van der Waals surface area contributed by atoms with Gasteiger partial charge >= 0.3 is 0 Å². The van der Waals surface area contributed by atoms with Crippen LogP contribution in [-0.2, 0) is 0 Å². The minimum Gasteiger partial charge on any atom is -0.488 e. The second kappa shape index (κ2) is 7.46. The maximum atomic E-state index is 13.3. The van der Waals surface area contributed by atoms with Crippen molar-refractivity contribution >= 4 is 0 Å². The lowest BCUT2D eigenvalue weighted by atomic mass is 10.0. The van der Waals surface area contributed by atoms with Crippen molar-refractivity contribution in [2.75, 3.05) is 6.61 Å². The lowest BCUT2D eigenvalue weighted by Gasteiger charge is -2.09. The Labute approximate surface area is 114 Å². The SMILES string of the molecule is Fc1cccc(F)c1OCCCCCC1CCCC1. The highest BCUT2D eigenvalue weighted by Gasteiger charge is 2.14.